The van der Waals surface area contributed by atoms with E-state index >= 15 is 0 Å². The zero-order valence-corrected chi connectivity index (χ0v) is 19.5. The van der Waals surface area contributed by atoms with Gasteiger partial charge >= 0.3 is 6.03 Å². The van der Waals surface area contributed by atoms with Crippen LogP contribution < -0.4 is 10.6 Å². The van der Waals surface area contributed by atoms with Crippen molar-refractivity contribution < 1.29 is 9.59 Å². The van der Waals surface area contributed by atoms with E-state index < -0.39 is 6.03 Å². The molecule has 0 aliphatic carbocycles. The Hall–Kier alpha value is -4.58. The summed E-state index contributed by atoms with van der Waals surface area (Å²) in [5, 5.41) is 9.99. The largest absolute Gasteiger partial charge is 0.326 e. The number of halogens is 1. The fourth-order valence-corrected chi connectivity index (χ4v) is 3.65. The van der Waals surface area contributed by atoms with E-state index in [1.54, 1.807) is 19.1 Å². The van der Waals surface area contributed by atoms with Crippen LogP contribution in [0.1, 0.15) is 5.69 Å². The number of aromatic nitrogens is 2. The minimum atomic E-state index is -0.419. The average molecular weight is 482 g/mol. The number of nitrogens with zero attached hydrogens (tertiary/aromatic N) is 3. The van der Waals surface area contributed by atoms with Crippen molar-refractivity contribution in [3.05, 3.63) is 102 Å². The minimum absolute atomic E-state index is 0.170. The third kappa shape index (κ3) is 6.48. The van der Waals surface area contributed by atoms with Gasteiger partial charge in [-0.1, -0.05) is 72.3 Å². The van der Waals surface area contributed by atoms with Crippen LogP contribution in [0.3, 0.4) is 0 Å². The third-order valence-electron chi connectivity index (χ3n) is 4.96. The Morgan fingerprint density at radius 3 is 2.09 bits per heavy atom. The van der Waals surface area contributed by atoms with Crippen LogP contribution in [0, 0.1) is 6.92 Å². The van der Waals surface area contributed by atoms with Crippen molar-refractivity contribution in [2.45, 2.75) is 6.92 Å². The first-order valence-corrected chi connectivity index (χ1v) is 11.0. The topological polar surface area (TPSA) is 96.3 Å². The summed E-state index contributed by atoms with van der Waals surface area (Å²) >= 11 is 5.84. The van der Waals surface area contributed by atoms with E-state index in [1.807, 2.05) is 78.9 Å². The number of urea groups is 1. The highest BCUT2D eigenvalue weighted by Crippen LogP contribution is 2.21. The van der Waals surface area contributed by atoms with Crippen LogP contribution in [0.2, 0.25) is 5.15 Å². The van der Waals surface area contributed by atoms with Gasteiger partial charge in [-0.2, -0.15) is 4.99 Å². The molecule has 5 rings (SSSR count). The van der Waals surface area contributed by atoms with Gasteiger partial charge in [0.05, 0.1) is 5.69 Å². The summed E-state index contributed by atoms with van der Waals surface area (Å²) in [5.41, 5.74) is 2.02. The summed E-state index contributed by atoms with van der Waals surface area (Å²) in [6.07, 6.45) is 1.52. The molecular formula is C27H20ClN5O2. The van der Waals surface area contributed by atoms with Crippen molar-refractivity contribution >= 4 is 62.6 Å². The summed E-state index contributed by atoms with van der Waals surface area (Å²) in [6.45, 7) is 1.78. The number of aliphatic imine (C=N–C) groups is 1. The number of benzene rings is 4. The lowest BCUT2D eigenvalue weighted by Crippen LogP contribution is -2.21. The number of carbonyl (C=O) groups excluding carboxylic acids is 2. The molecule has 0 aliphatic rings. The molecule has 0 fully saturated rings. The number of amides is 2. The van der Waals surface area contributed by atoms with E-state index in [-0.39, 0.29) is 11.1 Å². The van der Waals surface area contributed by atoms with Crippen LogP contribution in [0.4, 0.5) is 22.1 Å². The van der Waals surface area contributed by atoms with Crippen LogP contribution >= 0.6 is 11.6 Å². The van der Waals surface area contributed by atoms with Crippen LogP contribution in [0.15, 0.2) is 96.0 Å². The molecule has 0 saturated heterocycles. The van der Waals surface area contributed by atoms with E-state index in [4.69, 9.17) is 11.6 Å². The standard InChI is InChI=1S/C16H13ClN4O.C11H7NO/c1-10-8-14(17)20-15(18-10)21-16(22)19-13-7-6-11-4-2-3-5-12(11)9-13;13-8-12-11-6-5-9-3-1-2-4-10(9)7-11/h2-9H,1H3,(H2,18,19,20,21,22);1-7H. The monoisotopic (exact) mass is 481 g/mol. The van der Waals surface area contributed by atoms with E-state index in [9.17, 15) is 9.59 Å². The molecule has 1 heterocycles. The molecule has 8 heteroatoms. The lowest BCUT2D eigenvalue weighted by Gasteiger charge is -2.08. The molecule has 0 bridgehead atoms. The number of carbonyl (C=O) groups is 1. The van der Waals surface area contributed by atoms with Crippen LogP contribution in [-0.4, -0.2) is 22.1 Å². The van der Waals surface area contributed by atoms with Gasteiger partial charge in [-0.25, -0.2) is 19.6 Å². The fraction of sp³-hybridized carbons (Fsp3) is 0.0370. The molecule has 7 nitrogen and oxygen atoms in total. The van der Waals surface area contributed by atoms with E-state index in [0.29, 0.717) is 17.1 Å². The average Bonchev–Trinajstić information content (AvgIpc) is 2.84. The number of hydrogen-bond donors (Lipinski definition) is 2. The molecule has 2 amide bonds. The van der Waals surface area contributed by atoms with Crippen LogP contribution in [0.25, 0.3) is 21.5 Å². The first kappa shape index (κ1) is 23.6. The SMILES string of the molecule is Cc1cc(Cl)nc(NC(=O)Nc2ccc3ccccc3c2)n1.O=C=Nc1ccc2ccccc2c1. The van der Waals surface area contributed by atoms with Crippen molar-refractivity contribution in [2.24, 2.45) is 4.99 Å². The third-order valence-corrected chi connectivity index (χ3v) is 5.16. The lowest BCUT2D eigenvalue weighted by atomic mass is 10.1. The molecule has 172 valence electrons. The number of isocyanates is 1. The second-order valence-electron chi connectivity index (χ2n) is 7.53. The highest BCUT2D eigenvalue weighted by atomic mass is 35.5. The molecule has 0 saturated carbocycles. The minimum Gasteiger partial charge on any atom is -0.308 e. The zero-order chi connectivity index (χ0) is 24.6. The van der Waals surface area contributed by atoms with E-state index in [0.717, 1.165) is 21.5 Å². The molecule has 0 unspecified atom stereocenters. The Labute approximate surface area is 206 Å². The maximum atomic E-state index is 12.0. The first-order chi connectivity index (χ1) is 17.0. The smallest absolute Gasteiger partial charge is 0.308 e. The second-order valence-corrected chi connectivity index (χ2v) is 7.92. The van der Waals surface area contributed by atoms with Crippen molar-refractivity contribution in [2.75, 3.05) is 10.6 Å². The summed E-state index contributed by atoms with van der Waals surface area (Å²) < 4.78 is 0. The number of rotatable bonds is 3. The summed E-state index contributed by atoms with van der Waals surface area (Å²) in [5.74, 6) is 0.170. The number of nitrogens with one attached hydrogen (secondary N) is 2. The first-order valence-electron chi connectivity index (χ1n) is 10.6. The van der Waals surface area contributed by atoms with E-state index in [2.05, 4.69) is 25.6 Å². The Balaban J connectivity index is 0.000000189. The maximum Gasteiger partial charge on any atom is 0.326 e. The van der Waals surface area contributed by atoms with Crippen molar-refractivity contribution in [3.63, 3.8) is 0 Å². The van der Waals surface area contributed by atoms with Gasteiger partial charge in [0.2, 0.25) is 12.0 Å². The molecule has 0 atom stereocenters. The van der Waals surface area contributed by atoms with Gasteiger partial charge in [0.15, 0.2) is 0 Å². The van der Waals surface area contributed by atoms with Crippen molar-refractivity contribution in [3.8, 4) is 0 Å². The molecule has 0 aliphatic heterocycles. The Morgan fingerprint density at radius 2 is 1.43 bits per heavy atom. The van der Waals surface area contributed by atoms with Crippen LogP contribution in [-0.2, 0) is 4.79 Å². The number of hydrogen-bond acceptors (Lipinski definition) is 5. The molecule has 0 spiro atoms. The molecule has 2 N–H and O–H groups in total. The van der Waals surface area contributed by atoms with Crippen LogP contribution in [0.5, 0.6) is 0 Å². The number of anilines is 2. The summed E-state index contributed by atoms with van der Waals surface area (Å²) in [7, 11) is 0. The van der Waals surface area contributed by atoms with Crippen molar-refractivity contribution in [1.29, 1.82) is 0 Å². The number of aryl methyl sites for hydroxylation is 1. The van der Waals surface area contributed by atoms with Gasteiger partial charge in [0.25, 0.3) is 0 Å². The summed E-state index contributed by atoms with van der Waals surface area (Å²) in [4.78, 5) is 33.6. The second kappa shape index (κ2) is 11.0. The molecule has 35 heavy (non-hydrogen) atoms. The van der Waals surface area contributed by atoms with Crippen molar-refractivity contribution in [1.82, 2.24) is 9.97 Å². The molecular weight excluding hydrogens is 462 g/mol. The Bertz CT molecular complexity index is 1540. The van der Waals surface area contributed by atoms with Gasteiger partial charge in [0, 0.05) is 11.4 Å². The zero-order valence-electron chi connectivity index (χ0n) is 18.7. The van der Waals surface area contributed by atoms with E-state index in [1.165, 1.54) is 6.08 Å². The van der Waals surface area contributed by atoms with Gasteiger partial charge in [-0.15, -0.1) is 0 Å². The predicted molar refractivity (Wildman–Crippen MR) is 140 cm³/mol. The predicted octanol–water partition coefficient (Wildman–Crippen LogP) is 7.04. The Morgan fingerprint density at radius 1 is 0.800 bits per heavy atom. The highest BCUT2D eigenvalue weighted by molar-refractivity contribution is 6.29. The lowest BCUT2D eigenvalue weighted by molar-refractivity contribution is 0.262. The quantitative estimate of drug-likeness (QED) is 0.164. The normalized spacial score (nSPS) is 10.1. The fourth-order valence-electron chi connectivity index (χ4n) is 3.42. The van der Waals surface area contributed by atoms with Gasteiger partial charge in [-0.05, 0) is 58.8 Å². The van der Waals surface area contributed by atoms with Gasteiger partial charge in [-0.3, -0.25) is 5.32 Å². The maximum absolute atomic E-state index is 12.0. The molecule has 0 radical (unpaired) electrons. The molecule has 5 aromatic rings. The Kier molecular flexibility index (Phi) is 7.43. The molecule has 4 aromatic carbocycles. The highest BCUT2D eigenvalue weighted by Gasteiger charge is 2.07. The number of fused-ring (bicyclic) bond motifs is 2. The van der Waals surface area contributed by atoms with Gasteiger partial charge < -0.3 is 5.32 Å². The van der Waals surface area contributed by atoms with Gasteiger partial charge in [0.1, 0.15) is 5.15 Å². The molecule has 1 aromatic heterocycles. The summed E-state index contributed by atoms with van der Waals surface area (Å²) in [6, 6.07) is 28.4.